The third-order valence-corrected chi connectivity index (χ3v) is 3.79. The maximum absolute atomic E-state index is 12.0. The predicted octanol–water partition coefficient (Wildman–Crippen LogP) is 0.459. The SMILES string of the molecule is Cc1cc(C(=O)NCc2nncn2C)sc1C#CCO. The van der Waals surface area contributed by atoms with Gasteiger partial charge in [-0.3, -0.25) is 4.79 Å². The molecule has 2 aromatic heterocycles. The lowest BCUT2D eigenvalue weighted by Crippen LogP contribution is -2.23. The molecule has 0 aliphatic carbocycles. The molecule has 0 aromatic carbocycles. The normalized spacial score (nSPS) is 9.95. The van der Waals surface area contributed by atoms with Crippen LogP contribution in [0.2, 0.25) is 0 Å². The van der Waals surface area contributed by atoms with Gasteiger partial charge in [0, 0.05) is 7.05 Å². The highest BCUT2D eigenvalue weighted by atomic mass is 32.1. The number of aryl methyl sites for hydroxylation is 2. The Bertz CT molecular complexity index is 678. The molecule has 6 nitrogen and oxygen atoms in total. The molecule has 7 heteroatoms. The Balaban J connectivity index is 2.04. The van der Waals surface area contributed by atoms with Crippen molar-refractivity contribution in [1.82, 2.24) is 20.1 Å². The minimum absolute atomic E-state index is 0.168. The van der Waals surface area contributed by atoms with Gasteiger partial charge < -0.3 is 15.0 Å². The van der Waals surface area contributed by atoms with Crippen LogP contribution in [0.5, 0.6) is 0 Å². The zero-order valence-electron chi connectivity index (χ0n) is 11.2. The molecular weight excluding hydrogens is 276 g/mol. The van der Waals surface area contributed by atoms with Crippen molar-refractivity contribution in [2.75, 3.05) is 6.61 Å². The number of aromatic nitrogens is 3. The standard InChI is InChI=1S/C13H14N4O2S/c1-9-6-11(20-10(9)4-3-5-18)13(19)14-7-12-16-15-8-17(12)2/h6,8,18H,5,7H2,1-2H3,(H,14,19). The summed E-state index contributed by atoms with van der Waals surface area (Å²) in [5, 5.41) is 19.1. The second kappa shape index (κ2) is 6.32. The Morgan fingerprint density at radius 3 is 3.05 bits per heavy atom. The highest BCUT2D eigenvalue weighted by molar-refractivity contribution is 7.14. The highest BCUT2D eigenvalue weighted by Crippen LogP contribution is 2.20. The van der Waals surface area contributed by atoms with E-state index in [1.165, 1.54) is 11.3 Å². The van der Waals surface area contributed by atoms with Crippen LogP contribution < -0.4 is 5.32 Å². The Morgan fingerprint density at radius 1 is 1.60 bits per heavy atom. The summed E-state index contributed by atoms with van der Waals surface area (Å²) in [6, 6.07) is 1.79. The minimum atomic E-state index is -0.189. The summed E-state index contributed by atoms with van der Waals surface area (Å²) in [5.74, 6) is 5.93. The first kappa shape index (κ1) is 14.2. The minimum Gasteiger partial charge on any atom is -0.384 e. The Morgan fingerprint density at radius 2 is 2.40 bits per heavy atom. The monoisotopic (exact) mass is 290 g/mol. The summed E-state index contributed by atoms with van der Waals surface area (Å²) >= 11 is 1.31. The summed E-state index contributed by atoms with van der Waals surface area (Å²) in [7, 11) is 1.82. The van der Waals surface area contributed by atoms with Gasteiger partial charge in [0.05, 0.1) is 16.3 Å². The number of aliphatic hydroxyl groups excluding tert-OH is 1. The quantitative estimate of drug-likeness (QED) is 0.805. The average Bonchev–Trinajstić information content (AvgIpc) is 3.00. The second-order valence-corrected chi connectivity index (χ2v) is 5.18. The van der Waals surface area contributed by atoms with E-state index in [9.17, 15) is 4.79 Å². The molecule has 0 spiro atoms. The lowest BCUT2D eigenvalue weighted by Gasteiger charge is -2.02. The van der Waals surface area contributed by atoms with E-state index < -0.39 is 0 Å². The van der Waals surface area contributed by atoms with Crippen LogP contribution in [0.25, 0.3) is 0 Å². The van der Waals surface area contributed by atoms with Crippen molar-refractivity contribution in [3.8, 4) is 11.8 Å². The van der Waals surface area contributed by atoms with E-state index in [0.717, 1.165) is 10.4 Å². The molecule has 104 valence electrons. The molecule has 0 saturated heterocycles. The fraction of sp³-hybridized carbons (Fsp3) is 0.308. The molecular formula is C13H14N4O2S. The van der Waals surface area contributed by atoms with Crippen LogP contribution in [0.1, 0.15) is 25.9 Å². The third kappa shape index (κ3) is 3.23. The topological polar surface area (TPSA) is 80.0 Å². The van der Waals surface area contributed by atoms with Crippen molar-refractivity contribution in [3.05, 3.63) is 33.5 Å². The molecule has 20 heavy (non-hydrogen) atoms. The molecule has 2 aromatic rings. The van der Waals surface area contributed by atoms with Crippen molar-refractivity contribution >= 4 is 17.2 Å². The van der Waals surface area contributed by atoms with Crippen LogP contribution in [0.3, 0.4) is 0 Å². The van der Waals surface area contributed by atoms with Gasteiger partial charge in [-0.25, -0.2) is 0 Å². The van der Waals surface area contributed by atoms with Gasteiger partial charge in [0.25, 0.3) is 5.91 Å². The first-order chi connectivity index (χ1) is 9.61. The van der Waals surface area contributed by atoms with Crippen LogP contribution in [0.15, 0.2) is 12.4 Å². The van der Waals surface area contributed by atoms with E-state index in [1.54, 1.807) is 17.0 Å². The number of aliphatic hydroxyl groups is 1. The van der Waals surface area contributed by atoms with Crippen LogP contribution >= 0.6 is 11.3 Å². The molecule has 0 aliphatic heterocycles. The number of carbonyl (C=O) groups excluding carboxylic acids is 1. The van der Waals surface area contributed by atoms with Crippen LogP contribution in [-0.4, -0.2) is 32.4 Å². The van der Waals surface area contributed by atoms with Gasteiger partial charge in [0.1, 0.15) is 12.9 Å². The van der Waals surface area contributed by atoms with Crippen molar-refractivity contribution in [2.45, 2.75) is 13.5 Å². The number of hydrogen-bond acceptors (Lipinski definition) is 5. The van der Waals surface area contributed by atoms with E-state index in [0.29, 0.717) is 17.2 Å². The molecule has 0 saturated carbocycles. The highest BCUT2D eigenvalue weighted by Gasteiger charge is 2.12. The zero-order valence-corrected chi connectivity index (χ0v) is 12.0. The summed E-state index contributed by atoms with van der Waals surface area (Å²) in [6.07, 6.45) is 1.58. The number of amides is 1. The molecule has 2 heterocycles. The fourth-order valence-electron chi connectivity index (χ4n) is 1.55. The first-order valence-corrected chi connectivity index (χ1v) is 6.74. The van der Waals surface area contributed by atoms with Gasteiger partial charge in [-0.05, 0) is 18.6 Å². The van der Waals surface area contributed by atoms with Gasteiger partial charge in [-0.2, -0.15) is 0 Å². The molecule has 0 radical (unpaired) electrons. The van der Waals surface area contributed by atoms with Gasteiger partial charge >= 0.3 is 0 Å². The summed E-state index contributed by atoms with van der Waals surface area (Å²) < 4.78 is 1.75. The Hall–Kier alpha value is -2.17. The molecule has 0 aliphatic rings. The second-order valence-electron chi connectivity index (χ2n) is 4.12. The maximum Gasteiger partial charge on any atom is 0.261 e. The van der Waals surface area contributed by atoms with E-state index in [4.69, 9.17) is 5.11 Å². The number of nitrogens with zero attached hydrogens (tertiary/aromatic N) is 3. The Kier molecular flexibility index (Phi) is 4.50. The van der Waals surface area contributed by atoms with Crippen molar-refractivity contribution < 1.29 is 9.90 Å². The smallest absolute Gasteiger partial charge is 0.261 e. The van der Waals surface area contributed by atoms with Crippen LogP contribution in [0, 0.1) is 18.8 Å². The largest absolute Gasteiger partial charge is 0.384 e. The van der Waals surface area contributed by atoms with Crippen molar-refractivity contribution in [1.29, 1.82) is 0 Å². The maximum atomic E-state index is 12.0. The zero-order chi connectivity index (χ0) is 14.5. The molecule has 0 atom stereocenters. The summed E-state index contributed by atoms with van der Waals surface area (Å²) in [5.41, 5.74) is 0.930. The van der Waals surface area contributed by atoms with E-state index >= 15 is 0 Å². The van der Waals surface area contributed by atoms with E-state index in [-0.39, 0.29) is 12.5 Å². The average molecular weight is 290 g/mol. The number of nitrogens with one attached hydrogen (secondary N) is 1. The lowest BCUT2D eigenvalue weighted by atomic mass is 10.2. The fourth-order valence-corrected chi connectivity index (χ4v) is 2.52. The van der Waals surface area contributed by atoms with E-state index in [2.05, 4.69) is 27.4 Å². The van der Waals surface area contributed by atoms with Gasteiger partial charge in [0.15, 0.2) is 5.82 Å². The third-order valence-electron chi connectivity index (χ3n) is 2.63. The molecule has 0 bridgehead atoms. The summed E-state index contributed by atoms with van der Waals surface area (Å²) in [6.45, 7) is 2.02. The number of thiophene rings is 1. The Labute approximate surface area is 120 Å². The van der Waals surface area contributed by atoms with Crippen LogP contribution in [-0.2, 0) is 13.6 Å². The van der Waals surface area contributed by atoms with Gasteiger partial charge in [-0.1, -0.05) is 11.8 Å². The first-order valence-electron chi connectivity index (χ1n) is 5.93. The van der Waals surface area contributed by atoms with Gasteiger partial charge in [-0.15, -0.1) is 21.5 Å². The molecule has 1 amide bonds. The molecule has 2 rings (SSSR count). The molecule has 0 unspecified atom stereocenters. The van der Waals surface area contributed by atoms with Crippen molar-refractivity contribution in [3.63, 3.8) is 0 Å². The lowest BCUT2D eigenvalue weighted by molar-refractivity contribution is 0.0953. The summed E-state index contributed by atoms with van der Waals surface area (Å²) in [4.78, 5) is 13.4. The number of carbonyl (C=O) groups is 1. The van der Waals surface area contributed by atoms with Crippen LogP contribution in [0.4, 0.5) is 0 Å². The van der Waals surface area contributed by atoms with Crippen molar-refractivity contribution in [2.24, 2.45) is 7.05 Å². The number of rotatable bonds is 3. The van der Waals surface area contributed by atoms with Gasteiger partial charge in [0.2, 0.25) is 0 Å². The number of hydrogen-bond donors (Lipinski definition) is 2. The van der Waals surface area contributed by atoms with E-state index in [1.807, 2.05) is 14.0 Å². The molecule has 2 N–H and O–H groups in total. The molecule has 0 fully saturated rings. The predicted molar refractivity (Wildman–Crippen MR) is 75.2 cm³/mol.